The van der Waals surface area contributed by atoms with Gasteiger partial charge in [-0.25, -0.2) is 4.79 Å². The molecule has 0 unspecified atom stereocenters. The summed E-state index contributed by atoms with van der Waals surface area (Å²) >= 11 is 0. The fourth-order valence-corrected chi connectivity index (χ4v) is 2.43. The SMILES string of the molecule is COC(=O)C(C)=CCNCC1(C)CCCCC1. The van der Waals surface area contributed by atoms with Gasteiger partial charge >= 0.3 is 5.97 Å². The summed E-state index contributed by atoms with van der Waals surface area (Å²) in [5.74, 6) is -0.240. The van der Waals surface area contributed by atoms with E-state index in [0.717, 1.165) is 13.1 Å². The van der Waals surface area contributed by atoms with Gasteiger partial charge < -0.3 is 10.1 Å². The smallest absolute Gasteiger partial charge is 0.333 e. The maximum atomic E-state index is 11.2. The van der Waals surface area contributed by atoms with Crippen LogP contribution in [0.1, 0.15) is 46.0 Å². The third kappa shape index (κ3) is 4.90. The van der Waals surface area contributed by atoms with Crippen molar-refractivity contribution in [2.45, 2.75) is 46.0 Å². The number of carbonyl (C=O) groups excluding carboxylic acids is 1. The van der Waals surface area contributed by atoms with Crippen LogP contribution in [-0.4, -0.2) is 26.2 Å². The minimum Gasteiger partial charge on any atom is -0.466 e. The van der Waals surface area contributed by atoms with Gasteiger partial charge in [0.05, 0.1) is 7.11 Å². The average molecular weight is 239 g/mol. The van der Waals surface area contributed by atoms with Crippen molar-refractivity contribution in [2.24, 2.45) is 5.41 Å². The van der Waals surface area contributed by atoms with Gasteiger partial charge in [0.15, 0.2) is 0 Å². The summed E-state index contributed by atoms with van der Waals surface area (Å²) in [7, 11) is 1.41. The second kappa shape index (κ2) is 6.80. The molecule has 0 atom stereocenters. The molecule has 1 aliphatic rings. The van der Waals surface area contributed by atoms with E-state index in [0.29, 0.717) is 11.0 Å². The molecule has 0 bridgehead atoms. The molecule has 1 rings (SSSR count). The van der Waals surface area contributed by atoms with Gasteiger partial charge in [0.2, 0.25) is 0 Å². The second-order valence-electron chi connectivity index (χ2n) is 5.38. The molecule has 0 radical (unpaired) electrons. The fraction of sp³-hybridized carbons (Fsp3) is 0.786. The van der Waals surface area contributed by atoms with Gasteiger partial charge in [-0.05, 0) is 25.2 Å². The normalized spacial score (nSPS) is 20.1. The first-order chi connectivity index (χ1) is 8.07. The first-order valence-electron chi connectivity index (χ1n) is 6.53. The number of hydrogen-bond acceptors (Lipinski definition) is 3. The third-order valence-electron chi connectivity index (χ3n) is 3.67. The number of nitrogens with one attached hydrogen (secondary N) is 1. The van der Waals surface area contributed by atoms with E-state index < -0.39 is 0 Å². The minimum atomic E-state index is -0.240. The standard InChI is InChI=1S/C14H25NO2/c1-12(13(16)17-3)7-10-15-11-14(2)8-5-4-6-9-14/h7,15H,4-6,8-11H2,1-3H3. The van der Waals surface area contributed by atoms with Crippen molar-refractivity contribution < 1.29 is 9.53 Å². The van der Waals surface area contributed by atoms with Crippen LogP contribution in [0.15, 0.2) is 11.6 Å². The zero-order chi connectivity index (χ0) is 12.7. The van der Waals surface area contributed by atoms with Crippen molar-refractivity contribution in [3.63, 3.8) is 0 Å². The summed E-state index contributed by atoms with van der Waals surface area (Å²) in [4.78, 5) is 11.2. The molecule has 0 aromatic heterocycles. The topological polar surface area (TPSA) is 38.3 Å². The predicted molar refractivity (Wildman–Crippen MR) is 69.8 cm³/mol. The molecule has 0 heterocycles. The van der Waals surface area contributed by atoms with Crippen molar-refractivity contribution >= 4 is 5.97 Å². The van der Waals surface area contributed by atoms with E-state index in [1.165, 1.54) is 39.2 Å². The Labute approximate surface area is 105 Å². The number of carbonyl (C=O) groups is 1. The van der Waals surface area contributed by atoms with Crippen LogP contribution < -0.4 is 5.32 Å². The molecule has 3 heteroatoms. The van der Waals surface area contributed by atoms with Crippen LogP contribution in [0.4, 0.5) is 0 Å². The van der Waals surface area contributed by atoms with Gasteiger partial charge in [-0.1, -0.05) is 32.3 Å². The molecule has 0 aliphatic heterocycles. The van der Waals surface area contributed by atoms with Crippen LogP contribution in [0.5, 0.6) is 0 Å². The van der Waals surface area contributed by atoms with Gasteiger partial charge in [-0.15, -0.1) is 0 Å². The lowest BCUT2D eigenvalue weighted by Gasteiger charge is -2.33. The van der Waals surface area contributed by atoms with Gasteiger partial charge in [-0.3, -0.25) is 0 Å². The first-order valence-corrected chi connectivity index (χ1v) is 6.53. The van der Waals surface area contributed by atoms with Gasteiger partial charge in [-0.2, -0.15) is 0 Å². The summed E-state index contributed by atoms with van der Waals surface area (Å²) < 4.78 is 4.64. The molecule has 1 aliphatic carbocycles. The Hall–Kier alpha value is -0.830. The lowest BCUT2D eigenvalue weighted by molar-refractivity contribution is -0.136. The molecule has 98 valence electrons. The fourth-order valence-electron chi connectivity index (χ4n) is 2.43. The zero-order valence-corrected chi connectivity index (χ0v) is 11.3. The van der Waals surface area contributed by atoms with Crippen molar-refractivity contribution in [3.05, 3.63) is 11.6 Å². The van der Waals surface area contributed by atoms with E-state index >= 15 is 0 Å². The zero-order valence-electron chi connectivity index (χ0n) is 11.3. The highest BCUT2D eigenvalue weighted by Gasteiger charge is 2.25. The Bertz CT molecular complexity index is 278. The Morgan fingerprint density at radius 3 is 2.59 bits per heavy atom. The predicted octanol–water partition coefficient (Wildman–Crippen LogP) is 2.67. The van der Waals surface area contributed by atoms with Crippen molar-refractivity contribution in [1.82, 2.24) is 5.32 Å². The highest BCUT2D eigenvalue weighted by molar-refractivity contribution is 5.87. The summed E-state index contributed by atoms with van der Waals surface area (Å²) in [5, 5.41) is 3.42. The first kappa shape index (κ1) is 14.2. The largest absolute Gasteiger partial charge is 0.466 e. The average Bonchev–Trinajstić information content (AvgIpc) is 2.34. The number of ether oxygens (including phenoxy) is 1. The maximum Gasteiger partial charge on any atom is 0.333 e. The molecule has 0 aromatic carbocycles. The van der Waals surface area contributed by atoms with E-state index in [4.69, 9.17) is 0 Å². The van der Waals surface area contributed by atoms with E-state index in [-0.39, 0.29) is 5.97 Å². The minimum absolute atomic E-state index is 0.240. The highest BCUT2D eigenvalue weighted by atomic mass is 16.5. The molecule has 1 fully saturated rings. The van der Waals surface area contributed by atoms with E-state index in [2.05, 4.69) is 17.0 Å². The maximum absolute atomic E-state index is 11.2. The molecule has 0 aromatic rings. The summed E-state index contributed by atoms with van der Waals surface area (Å²) in [5.41, 5.74) is 1.12. The van der Waals surface area contributed by atoms with Crippen LogP contribution >= 0.6 is 0 Å². The molecule has 1 N–H and O–H groups in total. The Morgan fingerprint density at radius 2 is 2.00 bits per heavy atom. The monoisotopic (exact) mass is 239 g/mol. The van der Waals surface area contributed by atoms with Crippen molar-refractivity contribution in [3.8, 4) is 0 Å². The summed E-state index contributed by atoms with van der Waals surface area (Å²) in [6, 6.07) is 0. The summed E-state index contributed by atoms with van der Waals surface area (Å²) in [6.07, 6.45) is 8.64. The van der Waals surface area contributed by atoms with E-state index in [9.17, 15) is 4.79 Å². The molecule has 0 amide bonds. The van der Waals surface area contributed by atoms with Gasteiger partial charge in [0.25, 0.3) is 0 Å². The van der Waals surface area contributed by atoms with E-state index in [1.807, 2.05) is 6.08 Å². The lowest BCUT2D eigenvalue weighted by atomic mass is 9.76. The van der Waals surface area contributed by atoms with Crippen molar-refractivity contribution in [1.29, 1.82) is 0 Å². The highest BCUT2D eigenvalue weighted by Crippen LogP contribution is 2.34. The number of esters is 1. The Kier molecular flexibility index (Phi) is 5.69. The molecule has 0 spiro atoms. The molecule has 1 saturated carbocycles. The van der Waals surface area contributed by atoms with Gasteiger partial charge in [0, 0.05) is 18.7 Å². The molecular formula is C14H25NO2. The molecule has 0 saturated heterocycles. The number of rotatable bonds is 5. The molecular weight excluding hydrogens is 214 g/mol. The number of methoxy groups -OCH3 is 1. The van der Waals surface area contributed by atoms with Crippen LogP contribution in [-0.2, 0) is 9.53 Å². The number of hydrogen-bond donors (Lipinski definition) is 1. The Balaban J connectivity index is 2.25. The molecule has 17 heavy (non-hydrogen) atoms. The van der Waals surface area contributed by atoms with Crippen LogP contribution in [0.3, 0.4) is 0 Å². The quantitative estimate of drug-likeness (QED) is 0.455. The lowest BCUT2D eigenvalue weighted by Crippen LogP contribution is -2.33. The van der Waals surface area contributed by atoms with Crippen LogP contribution in [0.25, 0.3) is 0 Å². The van der Waals surface area contributed by atoms with E-state index in [1.54, 1.807) is 6.92 Å². The molecule has 3 nitrogen and oxygen atoms in total. The van der Waals surface area contributed by atoms with Crippen LogP contribution in [0.2, 0.25) is 0 Å². The third-order valence-corrected chi connectivity index (χ3v) is 3.67. The second-order valence-corrected chi connectivity index (χ2v) is 5.38. The van der Waals surface area contributed by atoms with Gasteiger partial charge in [0.1, 0.15) is 0 Å². The summed E-state index contributed by atoms with van der Waals surface area (Å²) in [6.45, 7) is 5.93. The Morgan fingerprint density at radius 1 is 1.35 bits per heavy atom. The van der Waals surface area contributed by atoms with Crippen LogP contribution in [0, 0.1) is 5.41 Å². The van der Waals surface area contributed by atoms with Crippen molar-refractivity contribution in [2.75, 3.05) is 20.2 Å².